The van der Waals surface area contributed by atoms with E-state index in [0.29, 0.717) is 19.5 Å². The van der Waals surface area contributed by atoms with Gasteiger partial charge in [-0.25, -0.2) is 0 Å². The number of carboxylic acid groups (broad SMARTS) is 1. The number of carbonyl (C=O) groups excluding carboxylic acids is 1. The summed E-state index contributed by atoms with van der Waals surface area (Å²) in [6, 6.07) is 1.75. The Morgan fingerprint density at radius 2 is 2.41 bits per heavy atom. The van der Waals surface area contributed by atoms with Crippen molar-refractivity contribution < 1.29 is 14.7 Å². The number of aromatic nitrogens is 2. The van der Waals surface area contributed by atoms with Crippen LogP contribution < -0.4 is 0 Å². The average molecular weight is 237 g/mol. The maximum absolute atomic E-state index is 11.9. The predicted octanol–water partition coefficient (Wildman–Crippen LogP) is 0.275. The Labute approximate surface area is 98.6 Å². The third kappa shape index (κ3) is 2.83. The predicted molar refractivity (Wildman–Crippen MR) is 59.2 cm³/mol. The molecular weight excluding hydrogens is 222 g/mol. The molecule has 1 aromatic rings. The van der Waals surface area contributed by atoms with Crippen molar-refractivity contribution in [3.8, 4) is 0 Å². The minimum Gasteiger partial charge on any atom is -0.481 e. The van der Waals surface area contributed by atoms with E-state index in [2.05, 4.69) is 10.2 Å². The molecule has 1 amide bonds. The zero-order chi connectivity index (χ0) is 12.3. The van der Waals surface area contributed by atoms with Gasteiger partial charge in [-0.2, -0.15) is 5.10 Å². The fourth-order valence-corrected chi connectivity index (χ4v) is 2.06. The van der Waals surface area contributed by atoms with Gasteiger partial charge in [0.1, 0.15) is 0 Å². The van der Waals surface area contributed by atoms with Gasteiger partial charge in [0.15, 0.2) is 0 Å². The topological polar surface area (TPSA) is 86.3 Å². The monoisotopic (exact) mass is 237 g/mol. The Morgan fingerprint density at radius 1 is 1.59 bits per heavy atom. The van der Waals surface area contributed by atoms with Crippen LogP contribution in [0.25, 0.3) is 0 Å². The molecule has 1 atom stereocenters. The SMILES string of the molecule is O=C(O)[C@@H]1CCCN(C(=O)Cc2ccn[nH]2)C1. The Kier molecular flexibility index (Phi) is 3.41. The first-order valence-electron chi connectivity index (χ1n) is 5.65. The van der Waals surface area contributed by atoms with E-state index in [1.807, 2.05) is 0 Å². The molecule has 1 fully saturated rings. The van der Waals surface area contributed by atoms with Gasteiger partial charge in [0.05, 0.1) is 12.3 Å². The van der Waals surface area contributed by atoms with Crippen molar-refractivity contribution in [2.75, 3.05) is 13.1 Å². The molecule has 2 N–H and O–H groups in total. The summed E-state index contributed by atoms with van der Waals surface area (Å²) in [5.41, 5.74) is 0.757. The molecule has 0 spiro atoms. The largest absolute Gasteiger partial charge is 0.481 e. The second-order valence-corrected chi connectivity index (χ2v) is 4.28. The Morgan fingerprint density at radius 3 is 3.06 bits per heavy atom. The quantitative estimate of drug-likeness (QED) is 0.790. The van der Waals surface area contributed by atoms with E-state index < -0.39 is 11.9 Å². The molecule has 2 heterocycles. The van der Waals surface area contributed by atoms with Gasteiger partial charge in [-0.05, 0) is 18.9 Å². The lowest BCUT2D eigenvalue weighted by molar-refractivity contribution is -0.145. The van der Waals surface area contributed by atoms with Crippen molar-refractivity contribution in [1.29, 1.82) is 0 Å². The summed E-state index contributed by atoms with van der Waals surface area (Å²) in [5, 5.41) is 15.4. The molecule has 0 aliphatic carbocycles. The molecule has 6 heteroatoms. The highest BCUT2D eigenvalue weighted by molar-refractivity contribution is 5.79. The number of amides is 1. The molecule has 1 aliphatic heterocycles. The number of nitrogens with one attached hydrogen (secondary N) is 1. The number of carbonyl (C=O) groups is 2. The average Bonchev–Trinajstić information content (AvgIpc) is 2.82. The molecular formula is C11H15N3O3. The van der Waals surface area contributed by atoms with E-state index in [4.69, 9.17) is 5.11 Å². The molecule has 1 aromatic heterocycles. The maximum atomic E-state index is 11.9. The van der Waals surface area contributed by atoms with Crippen molar-refractivity contribution in [2.24, 2.45) is 5.92 Å². The van der Waals surface area contributed by atoms with Crippen LogP contribution in [0.3, 0.4) is 0 Å². The van der Waals surface area contributed by atoms with Crippen LogP contribution in [0.4, 0.5) is 0 Å². The van der Waals surface area contributed by atoms with Gasteiger partial charge in [-0.1, -0.05) is 0 Å². The maximum Gasteiger partial charge on any atom is 0.308 e. The van der Waals surface area contributed by atoms with Crippen molar-refractivity contribution in [3.63, 3.8) is 0 Å². The molecule has 17 heavy (non-hydrogen) atoms. The highest BCUT2D eigenvalue weighted by atomic mass is 16.4. The molecule has 0 aromatic carbocycles. The Balaban J connectivity index is 1.93. The van der Waals surface area contributed by atoms with Gasteiger partial charge in [-0.3, -0.25) is 14.7 Å². The van der Waals surface area contributed by atoms with Gasteiger partial charge in [-0.15, -0.1) is 0 Å². The molecule has 2 rings (SSSR count). The van der Waals surface area contributed by atoms with Crippen LogP contribution in [0.5, 0.6) is 0 Å². The molecule has 92 valence electrons. The summed E-state index contributed by atoms with van der Waals surface area (Å²) in [4.78, 5) is 24.4. The fourth-order valence-electron chi connectivity index (χ4n) is 2.06. The van der Waals surface area contributed by atoms with E-state index in [-0.39, 0.29) is 12.3 Å². The number of aliphatic carboxylic acids is 1. The second kappa shape index (κ2) is 4.99. The summed E-state index contributed by atoms with van der Waals surface area (Å²) >= 11 is 0. The lowest BCUT2D eigenvalue weighted by Gasteiger charge is -2.30. The van der Waals surface area contributed by atoms with Crippen LogP contribution in [0.1, 0.15) is 18.5 Å². The minimum atomic E-state index is -0.816. The number of aromatic amines is 1. The van der Waals surface area contributed by atoms with Gasteiger partial charge in [0.25, 0.3) is 0 Å². The van der Waals surface area contributed by atoms with Crippen LogP contribution in [0.2, 0.25) is 0 Å². The van der Waals surface area contributed by atoms with Crippen LogP contribution in [-0.2, 0) is 16.0 Å². The number of likely N-dealkylation sites (tertiary alicyclic amines) is 1. The van der Waals surface area contributed by atoms with E-state index >= 15 is 0 Å². The van der Waals surface area contributed by atoms with Crippen LogP contribution in [0, 0.1) is 5.92 Å². The highest BCUT2D eigenvalue weighted by Gasteiger charge is 2.28. The Hall–Kier alpha value is -1.85. The molecule has 1 aliphatic rings. The standard InChI is InChI=1S/C11H15N3O3/c15-10(6-9-3-4-12-13-9)14-5-1-2-8(7-14)11(16)17/h3-4,8H,1-2,5-7H2,(H,12,13)(H,16,17)/t8-/m1/s1. The van der Waals surface area contributed by atoms with Gasteiger partial charge >= 0.3 is 5.97 Å². The minimum absolute atomic E-state index is 0.0415. The van der Waals surface area contributed by atoms with E-state index in [1.54, 1.807) is 17.2 Å². The lowest BCUT2D eigenvalue weighted by atomic mass is 9.98. The first kappa shape index (κ1) is 11.6. The molecule has 0 unspecified atom stereocenters. The third-order valence-corrected chi connectivity index (χ3v) is 3.02. The normalized spacial score (nSPS) is 20.2. The molecule has 0 bridgehead atoms. The van der Waals surface area contributed by atoms with Crippen LogP contribution >= 0.6 is 0 Å². The summed E-state index contributed by atoms with van der Waals surface area (Å²) < 4.78 is 0. The van der Waals surface area contributed by atoms with E-state index in [1.165, 1.54) is 0 Å². The number of nitrogens with zero attached hydrogens (tertiary/aromatic N) is 2. The van der Waals surface area contributed by atoms with Gasteiger partial charge < -0.3 is 10.0 Å². The number of rotatable bonds is 3. The van der Waals surface area contributed by atoms with Crippen LogP contribution in [-0.4, -0.2) is 45.2 Å². The smallest absolute Gasteiger partial charge is 0.308 e. The van der Waals surface area contributed by atoms with Crippen LogP contribution in [0.15, 0.2) is 12.3 Å². The molecule has 0 saturated carbocycles. The number of H-pyrrole nitrogens is 1. The third-order valence-electron chi connectivity index (χ3n) is 3.02. The zero-order valence-electron chi connectivity index (χ0n) is 9.43. The van der Waals surface area contributed by atoms with Crippen molar-refractivity contribution in [2.45, 2.75) is 19.3 Å². The molecule has 6 nitrogen and oxygen atoms in total. The second-order valence-electron chi connectivity index (χ2n) is 4.28. The van der Waals surface area contributed by atoms with Crippen molar-refractivity contribution in [1.82, 2.24) is 15.1 Å². The first-order chi connectivity index (χ1) is 8.16. The summed E-state index contributed by atoms with van der Waals surface area (Å²) in [6.45, 7) is 0.971. The number of hydrogen-bond acceptors (Lipinski definition) is 3. The van der Waals surface area contributed by atoms with Gasteiger partial charge in [0.2, 0.25) is 5.91 Å². The van der Waals surface area contributed by atoms with Crippen molar-refractivity contribution in [3.05, 3.63) is 18.0 Å². The summed E-state index contributed by atoms with van der Waals surface area (Å²) in [7, 11) is 0. The fraction of sp³-hybridized carbons (Fsp3) is 0.545. The highest BCUT2D eigenvalue weighted by Crippen LogP contribution is 2.17. The lowest BCUT2D eigenvalue weighted by Crippen LogP contribution is -2.43. The molecule has 1 saturated heterocycles. The van der Waals surface area contributed by atoms with Crippen molar-refractivity contribution >= 4 is 11.9 Å². The first-order valence-corrected chi connectivity index (χ1v) is 5.65. The zero-order valence-corrected chi connectivity index (χ0v) is 9.43. The number of piperidine rings is 1. The number of carboxylic acids is 1. The Bertz CT molecular complexity index is 402. The summed E-state index contributed by atoms with van der Waals surface area (Å²) in [5.74, 6) is -1.28. The summed E-state index contributed by atoms with van der Waals surface area (Å²) in [6.07, 6.45) is 3.26. The van der Waals surface area contributed by atoms with E-state index in [0.717, 1.165) is 12.1 Å². The molecule has 0 radical (unpaired) electrons. The van der Waals surface area contributed by atoms with Gasteiger partial charge in [0, 0.05) is 25.0 Å². The number of hydrogen-bond donors (Lipinski definition) is 2. The van der Waals surface area contributed by atoms with E-state index in [9.17, 15) is 9.59 Å².